The van der Waals surface area contributed by atoms with Crippen LogP contribution in [0, 0.1) is 5.82 Å². The molecule has 0 radical (unpaired) electrons. The zero-order chi connectivity index (χ0) is 18.5. The molecule has 26 heavy (non-hydrogen) atoms. The Morgan fingerprint density at radius 2 is 1.92 bits per heavy atom. The van der Waals surface area contributed by atoms with Gasteiger partial charge in [0, 0.05) is 11.8 Å². The molecule has 0 bridgehead atoms. The molecule has 0 aliphatic rings. The van der Waals surface area contributed by atoms with Crippen LogP contribution in [0.25, 0.3) is 0 Å². The van der Waals surface area contributed by atoms with Gasteiger partial charge in [0.25, 0.3) is 5.91 Å². The highest BCUT2D eigenvalue weighted by atomic mass is 35.5. The van der Waals surface area contributed by atoms with Gasteiger partial charge in [-0.05, 0) is 36.4 Å². The van der Waals surface area contributed by atoms with E-state index in [4.69, 9.17) is 16.3 Å². The fraction of sp³-hybridized carbons (Fsp3) is 0.0526. The molecule has 132 valence electrons. The topological polar surface area (TPSA) is 63.2 Å². The van der Waals surface area contributed by atoms with Crippen molar-refractivity contribution >= 4 is 34.7 Å². The second-order valence-electron chi connectivity index (χ2n) is 5.34. The van der Waals surface area contributed by atoms with Crippen LogP contribution in [-0.4, -0.2) is 18.0 Å². The van der Waals surface area contributed by atoms with Crippen LogP contribution in [0.3, 0.4) is 0 Å². The van der Waals surface area contributed by atoms with Gasteiger partial charge in [-0.3, -0.25) is 4.79 Å². The van der Waals surface area contributed by atoms with Crippen LogP contribution in [-0.2, 0) is 0 Å². The maximum Gasteiger partial charge on any atom is 0.260 e. The molecule has 1 heterocycles. The SMILES string of the molecule is COc1cccc(Nc2ccc(NC(=O)c3c(F)cccc3Cl)cn2)c1. The monoisotopic (exact) mass is 371 g/mol. The average Bonchev–Trinajstić information content (AvgIpc) is 2.63. The van der Waals surface area contributed by atoms with Crippen LogP contribution >= 0.6 is 11.6 Å². The summed E-state index contributed by atoms with van der Waals surface area (Å²) < 4.78 is 19.0. The normalized spacial score (nSPS) is 10.3. The van der Waals surface area contributed by atoms with Crippen molar-refractivity contribution in [3.8, 4) is 5.75 Å². The summed E-state index contributed by atoms with van der Waals surface area (Å²) in [5.74, 6) is -0.0106. The smallest absolute Gasteiger partial charge is 0.260 e. The zero-order valence-corrected chi connectivity index (χ0v) is 14.5. The van der Waals surface area contributed by atoms with Crippen LogP contribution in [0.15, 0.2) is 60.8 Å². The van der Waals surface area contributed by atoms with E-state index in [1.165, 1.54) is 24.4 Å². The number of methoxy groups -OCH3 is 1. The van der Waals surface area contributed by atoms with Crippen molar-refractivity contribution in [3.63, 3.8) is 0 Å². The Hall–Kier alpha value is -3.12. The third-order valence-electron chi connectivity index (χ3n) is 3.55. The number of amides is 1. The molecule has 0 saturated carbocycles. The number of nitrogens with one attached hydrogen (secondary N) is 2. The number of aromatic nitrogens is 1. The second kappa shape index (κ2) is 7.84. The molecular formula is C19H15ClFN3O2. The van der Waals surface area contributed by atoms with Crippen molar-refractivity contribution in [2.75, 3.05) is 17.7 Å². The lowest BCUT2D eigenvalue weighted by Crippen LogP contribution is -2.14. The first-order valence-corrected chi connectivity index (χ1v) is 8.07. The van der Waals surface area contributed by atoms with Gasteiger partial charge in [0.1, 0.15) is 17.4 Å². The Labute approximate surface area is 154 Å². The van der Waals surface area contributed by atoms with Crippen molar-refractivity contribution in [1.82, 2.24) is 4.98 Å². The molecule has 0 aliphatic carbocycles. The maximum atomic E-state index is 13.8. The largest absolute Gasteiger partial charge is 0.497 e. The molecule has 2 aromatic carbocycles. The molecule has 0 spiro atoms. The molecule has 0 fully saturated rings. The summed E-state index contributed by atoms with van der Waals surface area (Å²) in [6.07, 6.45) is 1.47. The maximum absolute atomic E-state index is 13.8. The summed E-state index contributed by atoms with van der Waals surface area (Å²) in [5.41, 5.74) is 1.03. The van der Waals surface area contributed by atoms with Gasteiger partial charge in [-0.15, -0.1) is 0 Å². The van der Waals surface area contributed by atoms with E-state index in [1.807, 2.05) is 24.3 Å². The highest BCUT2D eigenvalue weighted by Crippen LogP contribution is 2.22. The van der Waals surface area contributed by atoms with E-state index in [0.29, 0.717) is 11.5 Å². The fourth-order valence-electron chi connectivity index (χ4n) is 2.30. The Morgan fingerprint density at radius 1 is 1.12 bits per heavy atom. The van der Waals surface area contributed by atoms with Crippen molar-refractivity contribution in [2.45, 2.75) is 0 Å². The number of halogens is 2. The van der Waals surface area contributed by atoms with E-state index >= 15 is 0 Å². The first-order valence-electron chi connectivity index (χ1n) is 7.69. The molecule has 0 atom stereocenters. The van der Waals surface area contributed by atoms with Gasteiger partial charge >= 0.3 is 0 Å². The van der Waals surface area contributed by atoms with Crippen molar-refractivity contribution < 1.29 is 13.9 Å². The Morgan fingerprint density at radius 3 is 2.62 bits per heavy atom. The quantitative estimate of drug-likeness (QED) is 0.671. The third-order valence-corrected chi connectivity index (χ3v) is 3.87. The summed E-state index contributed by atoms with van der Waals surface area (Å²) in [6, 6.07) is 14.8. The number of anilines is 3. The minimum atomic E-state index is -0.681. The van der Waals surface area contributed by atoms with Gasteiger partial charge in [-0.25, -0.2) is 9.37 Å². The molecule has 5 nitrogen and oxygen atoms in total. The standard InChI is InChI=1S/C19H15ClFN3O2/c1-26-14-5-2-4-12(10-14)23-17-9-8-13(11-22-17)24-19(25)18-15(20)6-3-7-16(18)21/h2-11H,1H3,(H,22,23)(H,24,25). The summed E-state index contributed by atoms with van der Waals surface area (Å²) >= 11 is 5.89. The second-order valence-corrected chi connectivity index (χ2v) is 5.75. The number of hydrogen-bond donors (Lipinski definition) is 2. The molecule has 0 saturated heterocycles. The summed E-state index contributed by atoms with van der Waals surface area (Å²) in [6.45, 7) is 0. The number of rotatable bonds is 5. The van der Waals surface area contributed by atoms with E-state index in [1.54, 1.807) is 19.2 Å². The summed E-state index contributed by atoms with van der Waals surface area (Å²) in [5, 5.41) is 5.75. The lowest BCUT2D eigenvalue weighted by molar-refractivity contribution is 0.102. The van der Waals surface area contributed by atoms with Crippen molar-refractivity contribution in [2.24, 2.45) is 0 Å². The van der Waals surface area contributed by atoms with E-state index in [2.05, 4.69) is 15.6 Å². The summed E-state index contributed by atoms with van der Waals surface area (Å²) in [7, 11) is 1.59. The molecule has 3 rings (SSSR count). The minimum Gasteiger partial charge on any atom is -0.497 e. The van der Waals surface area contributed by atoms with Gasteiger partial charge in [-0.1, -0.05) is 23.7 Å². The Kier molecular flexibility index (Phi) is 5.34. The Balaban J connectivity index is 1.70. The number of carbonyl (C=O) groups is 1. The van der Waals surface area contributed by atoms with E-state index in [-0.39, 0.29) is 10.6 Å². The highest BCUT2D eigenvalue weighted by Gasteiger charge is 2.15. The number of carbonyl (C=O) groups excluding carboxylic acids is 1. The van der Waals surface area contributed by atoms with Crippen LogP contribution in [0.2, 0.25) is 5.02 Å². The molecule has 1 aromatic heterocycles. The predicted octanol–water partition coefficient (Wildman–Crippen LogP) is 4.88. The molecule has 0 unspecified atom stereocenters. The molecule has 2 N–H and O–H groups in total. The van der Waals surface area contributed by atoms with E-state index in [0.717, 1.165) is 11.4 Å². The van der Waals surface area contributed by atoms with Crippen LogP contribution in [0.1, 0.15) is 10.4 Å². The number of nitrogens with zero attached hydrogens (tertiary/aromatic N) is 1. The van der Waals surface area contributed by atoms with Crippen molar-refractivity contribution in [3.05, 3.63) is 77.2 Å². The molecule has 3 aromatic rings. The van der Waals surface area contributed by atoms with E-state index < -0.39 is 11.7 Å². The first kappa shape index (κ1) is 17.7. The lowest BCUT2D eigenvalue weighted by atomic mass is 10.2. The average molecular weight is 372 g/mol. The van der Waals surface area contributed by atoms with Gasteiger partial charge in [0.15, 0.2) is 0 Å². The number of benzene rings is 2. The van der Waals surface area contributed by atoms with E-state index in [9.17, 15) is 9.18 Å². The van der Waals surface area contributed by atoms with Crippen LogP contribution in [0.4, 0.5) is 21.6 Å². The zero-order valence-electron chi connectivity index (χ0n) is 13.8. The van der Waals surface area contributed by atoms with Gasteiger partial charge in [0.2, 0.25) is 0 Å². The van der Waals surface area contributed by atoms with Crippen LogP contribution in [0.5, 0.6) is 5.75 Å². The molecular weight excluding hydrogens is 357 g/mol. The summed E-state index contributed by atoms with van der Waals surface area (Å²) in [4.78, 5) is 16.4. The fourth-order valence-corrected chi connectivity index (χ4v) is 2.55. The molecule has 0 aliphatic heterocycles. The first-order chi connectivity index (χ1) is 12.6. The van der Waals surface area contributed by atoms with Gasteiger partial charge in [0.05, 0.1) is 29.6 Å². The molecule has 7 heteroatoms. The predicted molar refractivity (Wildman–Crippen MR) is 99.9 cm³/mol. The highest BCUT2D eigenvalue weighted by molar-refractivity contribution is 6.34. The number of hydrogen-bond acceptors (Lipinski definition) is 4. The van der Waals surface area contributed by atoms with Crippen LogP contribution < -0.4 is 15.4 Å². The number of pyridine rings is 1. The minimum absolute atomic E-state index is 0.0479. The third kappa shape index (κ3) is 4.10. The molecule has 1 amide bonds. The van der Waals surface area contributed by atoms with Gasteiger partial charge in [-0.2, -0.15) is 0 Å². The Bertz CT molecular complexity index is 912. The lowest BCUT2D eigenvalue weighted by Gasteiger charge is -2.10. The number of ether oxygens (including phenoxy) is 1. The van der Waals surface area contributed by atoms with Gasteiger partial charge < -0.3 is 15.4 Å². The van der Waals surface area contributed by atoms with Crippen molar-refractivity contribution in [1.29, 1.82) is 0 Å².